The molecule has 1 spiro atoms. The van der Waals surface area contributed by atoms with Crippen LogP contribution < -0.4 is 0 Å². The zero-order chi connectivity index (χ0) is 20.9. The molecule has 6 aliphatic rings. The Morgan fingerprint density at radius 3 is 2.63 bits per heavy atom. The number of aliphatic hydroxyl groups is 1. The van der Waals surface area contributed by atoms with Crippen molar-refractivity contribution < 1.29 is 14.6 Å². The van der Waals surface area contributed by atoms with Crippen LogP contribution >= 0.6 is 0 Å². The first-order valence-corrected chi connectivity index (χ1v) is 13.0. The molecule has 2 heterocycles. The highest BCUT2D eigenvalue weighted by Gasteiger charge is 2.68. The Bertz CT molecular complexity index is 736. The fourth-order valence-corrected chi connectivity index (χ4v) is 9.66. The molecule has 3 saturated carbocycles. The number of hydrogen-bond donors (Lipinski definition) is 1. The number of aliphatic hydroxyl groups excluding tert-OH is 1. The zero-order valence-corrected chi connectivity index (χ0v) is 19.5. The molecule has 0 amide bonds. The first-order chi connectivity index (χ1) is 14.3. The highest BCUT2D eigenvalue weighted by Crippen LogP contribution is 2.70. The van der Waals surface area contributed by atoms with Gasteiger partial charge in [0.15, 0.2) is 5.79 Å². The molecule has 2 aliphatic heterocycles. The Kier molecular flexibility index (Phi) is 4.44. The van der Waals surface area contributed by atoms with Crippen LogP contribution in [-0.2, 0) is 9.47 Å². The van der Waals surface area contributed by atoms with E-state index >= 15 is 0 Å². The van der Waals surface area contributed by atoms with Gasteiger partial charge in [-0.1, -0.05) is 39.3 Å². The van der Waals surface area contributed by atoms with E-state index in [0.29, 0.717) is 34.7 Å². The summed E-state index contributed by atoms with van der Waals surface area (Å²) in [6.07, 6.45) is 13.5. The van der Waals surface area contributed by atoms with Crippen molar-refractivity contribution in [1.29, 1.82) is 0 Å². The third kappa shape index (κ3) is 2.55. The van der Waals surface area contributed by atoms with Gasteiger partial charge in [0, 0.05) is 12.3 Å². The minimum atomic E-state index is -0.294. The summed E-state index contributed by atoms with van der Waals surface area (Å²) in [4.78, 5) is 0. The summed E-state index contributed by atoms with van der Waals surface area (Å²) in [5.41, 5.74) is 2.31. The van der Waals surface area contributed by atoms with E-state index in [4.69, 9.17) is 9.47 Å². The third-order valence-corrected chi connectivity index (χ3v) is 11.3. The molecular weight excluding hydrogens is 372 g/mol. The predicted octanol–water partition coefficient (Wildman–Crippen LogP) is 5.71. The van der Waals surface area contributed by atoms with Crippen LogP contribution in [0.3, 0.4) is 0 Å². The van der Waals surface area contributed by atoms with E-state index in [1.54, 1.807) is 5.57 Å². The second kappa shape index (κ2) is 6.58. The minimum Gasteiger partial charge on any atom is -0.393 e. The Morgan fingerprint density at radius 2 is 1.87 bits per heavy atom. The van der Waals surface area contributed by atoms with Crippen molar-refractivity contribution >= 4 is 0 Å². The van der Waals surface area contributed by atoms with Gasteiger partial charge in [-0.2, -0.15) is 0 Å². The van der Waals surface area contributed by atoms with Crippen molar-refractivity contribution in [2.75, 3.05) is 6.61 Å². The van der Waals surface area contributed by atoms with Gasteiger partial charge in [0.05, 0.1) is 18.8 Å². The van der Waals surface area contributed by atoms with Gasteiger partial charge < -0.3 is 14.6 Å². The molecule has 3 nitrogen and oxygen atoms in total. The van der Waals surface area contributed by atoms with Crippen LogP contribution in [0.4, 0.5) is 0 Å². The SMILES string of the molecule is C[C@@H]1CC[C@@]2(OC1)O[C@H]1C[C@@H]3[C@H]4CC=C5C[C@@H](O)CC[C@]5(C)[C@H]4CC[C@]3(C)[C@@H]1[C@@H]2C. The molecule has 168 valence electrons. The van der Waals surface area contributed by atoms with Crippen LogP contribution in [-0.4, -0.2) is 29.7 Å². The highest BCUT2D eigenvalue weighted by atomic mass is 16.7. The smallest absolute Gasteiger partial charge is 0.171 e. The van der Waals surface area contributed by atoms with E-state index in [1.165, 1.54) is 38.5 Å². The van der Waals surface area contributed by atoms with Gasteiger partial charge in [-0.15, -0.1) is 0 Å². The predicted molar refractivity (Wildman–Crippen MR) is 118 cm³/mol. The van der Waals surface area contributed by atoms with Crippen molar-refractivity contribution in [3.05, 3.63) is 11.6 Å². The number of ether oxygens (including phenoxy) is 2. The molecule has 0 unspecified atom stereocenters. The fourth-order valence-electron chi connectivity index (χ4n) is 9.66. The van der Waals surface area contributed by atoms with E-state index in [1.807, 2.05) is 0 Å². The van der Waals surface area contributed by atoms with Gasteiger partial charge >= 0.3 is 0 Å². The second-order valence-corrected chi connectivity index (χ2v) is 12.7. The maximum atomic E-state index is 10.3. The monoisotopic (exact) mass is 414 g/mol. The molecule has 6 rings (SSSR count). The van der Waals surface area contributed by atoms with E-state index in [-0.39, 0.29) is 11.9 Å². The first kappa shape index (κ1) is 20.2. The van der Waals surface area contributed by atoms with E-state index in [9.17, 15) is 5.11 Å². The van der Waals surface area contributed by atoms with Crippen molar-refractivity contribution in [1.82, 2.24) is 0 Å². The van der Waals surface area contributed by atoms with Gasteiger partial charge in [-0.05, 0) is 91.8 Å². The molecule has 0 bridgehead atoms. The van der Waals surface area contributed by atoms with Gasteiger partial charge in [0.1, 0.15) is 0 Å². The molecule has 1 N–H and O–H groups in total. The van der Waals surface area contributed by atoms with E-state index in [2.05, 4.69) is 33.8 Å². The largest absolute Gasteiger partial charge is 0.393 e. The maximum Gasteiger partial charge on any atom is 0.171 e. The minimum absolute atomic E-state index is 0.107. The number of rotatable bonds is 0. The molecule has 0 aromatic heterocycles. The molecule has 0 aromatic rings. The number of allylic oxidation sites excluding steroid dienone is 1. The Hall–Kier alpha value is -0.380. The lowest BCUT2D eigenvalue weighted by Gasteiger charge is -2.58. The Labute approximate surface area is 183 Å². The summed E-state index contributed by atoms with van der Waals surface area (Å²) in [6.45, 7) is 10.8. The van der Waals surface area contributed by atoms with Gasteiger partial charge in [0.2, 0.25) is 0 Å². The van der Waals surface area contributed by atoms with Gasteiger partial charge in [0.25, 0.3) is 0 Å². The van der Waals surface area contributed by atoms with Crippen LogP contribution in [0.2, 0.25) is 0 Å². The van der Waals surface area contributed by atoms with Crippen molar-refractivity contribution in [2.45, 2.75) is 103 Å². The quantitative estimate of drug-likeness (QED) is 0.516. The average molecular weight is 415 g/mol. The van der Waals surface area contributed by atoms with Crippen LogP contribution in [0.25, 0.3) is 0 Å². The summed E-state index contributed by atoms with van der Waals surface area (Å²) < 4.78 is 13.3. The Morgan fingerprint density at radius 1 is 1.03 bits per heavy atom. The number of hydrogen-bond acceptors (Lipinski definition) is 3. The van der Waals surface area contributed by atoms with Crippen LogP contribution in [0, 0.1) is 46.3 Å². The van der Waals surface area contributed by atoms with Gasteiger partial charge in [-0.3, -0.25) is 0 Å². The van der Waals surface area contributed by atoms with Crippen LogP contribution in [0.1, 0.15) is 85.5 Å². The Balaban J connectivity index is 1.28. The van der Waals surface area contributed by atoms with Gasteiger partial charge in [-0.25, -0.2) is 0 Å². The highest BCUT2D eigenvalue weighted by molar-refractivity contribution is 5.26. The molecular formula is C27H42O3. The van der Waals surface area contributed by atoms with Crippen LogP contribution in [0.5, 0.6) is 0 Å². The van der Waals surface area contributed by atoms with E-state index in [0.717, 1.165) is 43.6 Å². The third-order valence-electron chi connectivity index (χ3n) is 11.3. The average Bonchev–Trinajstić information content (AvgIpc) is 3.16. The zero-order valence-electron chi connectivity index (χ0n) is 19.5. The topological polar surface area (TPSA) is 38.7 Å². The summed E-state index contributed by atoms with van der Waals surface area (Å²) >= 11 is 0. The summed E-state index contributed by atoms with van der Waals surface area (Å²) in [5, 5.41) is 10.3. The van der Waals surface area contributed by atoms with Crippen LogP contribution in [0.15, 0.2) is 11.6 Å². The molecule has 0 aromatic carbocycles. The normalized spacial score (nSPS) is 59.8. The molecule has 2 saturated heterocycles. The molecule has 4 aliphatic carbocycles. The van der Waals surface area contributed by atoms with E-state index < -0.39 is 0 Å². The summed E-state index contributed by atoms with van der Waals surface area (Å²) in [6, 6.07) is 0. The first-order valence-electron chi connectivity index (χ1n) is 13.0. The second-order valence-electron chi connectivity index (χ2n) is 12.7. The number of fused-ring (bicyclic) bond motifs is 7. The van der Waals surface area contributed by atoms with Crippen molar-refractivity contribution in [3.63, 3.8) is 0 Å². The molecule has 0 radical (unpaired) electrons. The molecule has 11 atom stereocenters. The van der Waals surface area contributed by atoms with Crippen molar-refractivity contribution in [2.24, 2.45) is 46.3 Å². The summed E-state index contributed by atoms with van der Waals surface area (Å²) in [7, 11) is 0. The fraction of sp³-hybridized carbons (Fsp3) is 0.926. The molecule has 5 fully saturated rings. The van der Waals surface area contributed by atoms with Crippen molar-refractivity contribution in [3.8, 4) is 0 Å². The lowest BCUT2D eigenvalue weighted by molar-refractivity contribution is -0.272. The maximum absolute atomic E-state index is 10.3. The molecule has 30 heavy (non-hydrogen) atoms. The lowest BCUT2D eigenvalue weighted by Crippen LogP contribution is -2.52. The standard InChI is InChI=1S/C27H42O3/c1-16-7-12-27(29-15-16)17(2)24-23(30-27)14-22-20-6-5-18-13-19(28)8-10-25(18,3)21(20)9-11-26(22,24)4/h5,16-17,19-24,28H,6-15H2,1-4H3/t16-,17+,19+,20+,21+,22-,23+,24-,25+,26+,27-/m1/s1. The molecule has 3 heteroatoms. The lowest BCUT2D eigenvalue weighted by atomic mass is 9.47. The summed E-state index contributed by atoms with van der Waals surface area (Å²) in [5.74, 6) is 3.94.